The zero-order valence-electron chi connectivity index (χ0n) is 10.7. The predicted molar refractivity (Wildman–Crippen MR) is 78.8 cm³/mol. The molecule has 0 amide bonds. The Hall–Kier alpha value is -1.60. The van der Waals surface area contributed by atoms with Gasteiger partial charge in [0.05, 0.1) is 0 Å². The summed E-state index contributed by atoms with van der Waals surface area (Å²) >= 11 is 5.39. The van der Waals surface area contributed by atoms with Gasteiger partial charge in [0.15, 0.2) is 0 Å². The fourth-order valence-corrected chi connectivity index (χ4v) is 1.66. The molecule has 0 fully saturated rings. The van der Waals surface area contributed by atoms with Crippen LogP contribution < -0.4 is 0 Å². The highest BCUT2D eigenvalue weighted by Gasteiger charge is 1.99. The highest BCUT2D eigenvalue weighted by molar-refractivity contribution is 6.67. The second-order valence-electron chi connectivity index (χ2n) is 3.84. The molecule has 0 atom stereocenters. The maximum Gasteiger partial charge on any atom is 0.252 e. The van der Waals surface area contributed by atoms with E-state index >= 15 is 0 Å². The van der Waals surface area contributed by atoms with Crippen molar-refractivity contribution in [3.05, 3.63) is 65.3 Å². The first-order valence-corrected chi connectivity index (χ1v) is 6.36. The standard InChI is InChI=1S/C16H17ClO/c1-3-5-13(6-4-2)7-8-14-9-11-15(12-10-14)16(17)18/h3,5-12H,4H2,1-2H3/b5-3-,8-7+,13-6+. The average molecular weight is 261 g/mol. The Morgan fingerprint density at radius 1 is 1.22 bits per heavy atom. The Balaban J connectivity index is 2.83. The van der Waals surface area contributed by atoms with Gasteiger partial charge < -0.3 is 0 Å². The van der Waals surface area contributed by atoms with Gasteiger partial charge in [-0.1, -0.05) is 49.4 Å². The van der Waals surface area contributed by atoms with Crippen LogP contribution in [0.1, 0.15) is 36.2 Å². The molecule has 0 spiro atoms. The molecule has 1 rings (SSSR count). The van der Waals surface area contributed by atoms with Crippen molar-refractivity contribution in [2.24, 2.45) is 0 Å². The van der Waals surface area contributed by atoms with Crippen LogP contribution in [0.15, 0.2) is 54.1 Å². The molecule has 1 aromatic rings. The van der Waals surface area contributed by atoms with Gasteiger partial charge in [0.2, 0.25) is 0 Å². The van der Waals surface area contributed by atoms with Crippen molar-refractivity contribution in [2.75, 3.05) is 0 Å². The van der Waals surface area contributed by atoms with Crippen molar-refractivity contribution in [3.63, 3.8) is 0 Å². The van der Waals surface area contributed by atoms with Gasteiger partial charge in [0, 0.05) is 5.56 Å². The third-order valence-electron chi connectivity index (χ3n) is 2.40. The first-order valence-electron chi connectivity index (χ1n) is 5.98. The summed E-state index contributed by atoms with van der Waals surface area (Å²) in [5.41, 5.74) is 2.74. The van der Waals surface area contributed by atoms with Crippen molar-refractivity contribution in [1.82, 2.24) is 0 Å². The lowest BCUT2D eigenvalue weighted by Gasteiger charge is -1.97. The van der Waals surface area contributed by atoms with Crippen LogP contribution in [-0.2, 0) is 0 Å². The Morgan fingerprint density at radius 3 is 2.39 bits per heavy atom. The van der Waals surface area contributed by atoms with Crippen molar-refractivity contribution < 1.29 is 4.79 Å². The molecule has 0 bridgehead atoms. The smallest absolute Gasteiger partial charge is 0.252 e. The highest BCUT2D eigenvalue weighted by Crippen LogP contribution is 2.11. The monoisotopic (exact) mass is 260 g/mol. The van der Waals surface area contributed by atoms with E-state index in [0.717, 1.165) is 12.0 Å². The van der Waals surface area contributed by atoms with Gasteiger partial charge in [-0.3, -0.25) is 4.79 Å². The summed E-state index contributed by atoms with van der Waals surface area (Å²) < 4.78 is 0. The molecule has 2 heteroatoms. The normalized spacial score (nSPS) is 12.5. The molecule has 0 aliphatic carbocycles. The van der Waals surface area contributed by atoms with E-state index in [4.69, 9.17) is 11.6 Å². The molecule has 1 aromatic carbocycles. The van der Waals surface area contributed by atoms with E-state index in [-0.39, 0.29) is 0 Å². The molecule has 0 aliphatic rings. The summed E-state index contributed by atoms with van der Waals surface area (Å²) in [6.45, 7) is 4.11. The molecule has 0 saturated heterocycles. The third kappa shape index (κ3) is 4.72. The molecule has 0 aliphatic heterocycles. The van der Waals surface area contributed by atoms with Crippen molar-refractivity contribution in [2.45, 2.75) is 20.3 Å². The lowest BCUT2D eigenvalue weighted by atomic mass is 10.1. The lowest BCUT2D eigenvalue weighted by molar-refractivity contribution is 0.108. The lowest BCUT2D eigenvalue weighted by Crippen LogP contribution is -1.87. The van der Waals surface area contributed by atoms with Gasteiger partial charge in [-0.15, -0.1) is 0 Å². The van der Waals surface area contributed by atoms with E-state index in [9.17, 15) is 4.79 Å². The Bertz CT molecular complexity index is 478. The van der Waals surface area contributed by atoms with E-state index in [1.807, 2.05) is 31.2 Å². The van der Waals surface area contributed by atoms with Crippen LogP contribution in [0.5, 0.6) is 0 Å². The topological polar surface area (TPSA) is 17.1 Å². The molecule has 0 aromatic heterocycles. The van der Waals surface area contributed by atoms with Crippen LogP contribution in [0.25, 0.3) is 6.08 Å². The Kier molecular flexibility index (Phi) is 6.16. The van der Waals surface area contributed by atoms with E-state index in [1.165, 1.54) is 5.57 Å². The van der Waals surface area contributed by atoms with Crippen LogP contribution in [0.2, 0.25) is 0 Å². The molecule has 0 saturated carbocycles. The van der Waals surface area contributed by atoms with Gasteiger partial charge in [0.25, 0.3) is 5.24 Å². The first kappa shape index (κ1) is 14.5. The van der Waals surface area contributed by atoms with E-state index in [1.54, 1.807) is 12.1 Å². The zero-order valence-corrected chi connectivity index (χ0v) is 11.4. The fraction of sp³-hybridized carbons (Fsp3) is 0.188. The van der Waals surface area contributed by atoms with Gasteiger partial charge in [-0.05, 0) is 48.2 Å². The van der Waals surface area contributed by atoms with Crippen molar-refractivity contribution >= 4 is 22.9 Å². The van der Waals surface area contributed by atoms with E-state index in [2.05, 4.69) is 25.2 Å². The second-order valence-corrected chi connectivity index (χ2v) is 4.18. The van der Waals surface area contributed by atoms with E-state index < -0.39 is 5.24 Å². The maximum atomic E-state index is 10.9. The van der Waals surface area contributed by atoms with Crippen LogP contribution in [0.4, 0.5) is 0 Å². The predicted octanol–water partition coefficient (Wildman–Crippen LogP) is 4.99. The Morgan fingerprint density at radius 2 is 1.89 bits per heavy atom. The fourth-order valence-electron chi connectivity index (χ4n) is 1.54. The van der Waals surface area contributed by atoms with Crippen molar-refractivity contribution in [3.8, 4) is 0 Å². The van der Waals surface area contributed by atoms with Crippen LogP contribution >= 0.6 is 11.6 Å². The maximum absolute atomic E-state index is 10.9. The summed E-state index contributed by atoms with van der Waals surface area (Å²) in [7, 11) is 0. The molecule has 0 radical (unpaired) electrons. The average Bonchev–Trinajstić information content (AvgIpc) is 2.37. The van der Waals surface area contributed by atoms with E-state index in [0.29, 0.717) is 5.56 Å². The number of hydrogen-bond donors (Lipinski definition) is 0. The number of halogens is 1. The molecular formula is C16H17ClO. The third-order valence-corrected chi connectivity index (χ3v) is 2.62. The minimum atomic E-state index is -0.425. The minimum absolute atomic E-state index is 0.425. The molecule has 0 N–H and O–H groups in total. The number of carbonyl (C=O) groups excluding carboxylic acids is 1. The number of benzene rings is 1. The number of rotatable bonds is 5. The van der Waals surface area contributed by atoms with Crippen LogP contribution in [0.3, 0.4) is 0 Å². The summed E-state index contributed by atoms with van der Waals surface area (Å²) in [5.74, 6) is 0. The zero-order chi connectivity index (χ0) is 13.4. The molecule has 0 heterocycles. The summed E-state index contributed by atoms with van der Waals surface area (Å²) in [5, 5.41) is -0.425. The van der Waals surface area contributed by atoms with Crippen LogP contribution in [-0.4, -0.2) is 5.24 Å². The number of hydrogen-bond acceptors (Lipinski definition) is 1. The second kappa shape index (κ2) is 7.67. The number of carbonyl (C=O) groups is 1. The Labute approximate surface area is 113 Å². The minimum Gasteiger partial charge on any atom is -0.276 e. The largest absolute Gasteiger partial charge is 0.276 e. The quantitative estimate of drug-likeness (QED) is 0.538. The van der Waals surface area contributed by atoms with Crippen molar-refractivity contribution in [1.29, 1.82) is 0 Å². The molecule has 18 heavy (non-hydrogen) atoms. The van der Waals surface area contributed by atoms with Gasteiger partial charge >= 0.3 is 0 Å². The van der Waals surface area contributed by atoms with Gasteiger partial charge in [-0.2, -0.15) is 0 Å². The summed E-state index contributed by atoms with van der Waals surface area (Å²) in [4.78, 5) is 10.9. The molecule has 94 valence electrons. The molecular weight excluding hydrogens is 244 g/mol. The summed E-state index contributed by atoms with van der Waals surface area (Å²) in [6, 6.07) is 7.22. The SMILES string of the molecule is C\C=C/C(/C=C/c1ccc(C(=O)Cl)cc1)=C\CC. The number of allylic oxidation sites excluding steroid dienone is 5. The molecule has 1 nitrogen and oxygen atoms in total. The van der Waals surface area contributed by atoms with Crippen LogP contribution in [0, 0.1) is 0 Å². The molecule has 0 unspecified atom stereocenters. The van der Waals surface area contributed by atoms with Gasteiger partial charge in [-0.25, -0.2) is 0 Å². The first-order chi connectivity index (χ1) is 8.67. The summed E-state index contributed by atoms with van der Waals surface area (Å²) in [6.07, 6.45) is 11.3. The highest BCUT2D eigenvalue weighted by atomic mass is 35.5. The van der Waals surface area contributed by atoms with Gasteiger partial charge in [0.1, 0.15) is 0 Å².